The highest BCUT2D eigenvalue weighted by Gasteiger charge is 2.25. The monoisotopic (exact) mass is 225 g/mol. The molecule has 0 radical (unpaired) electrons. The predicted octanol–water partition coefficient (Wildman–Crippen LogP) is 1.13. The van der Waals surface area contributed by atoms with E-state index < -0.39 is 0 Å². The summed E-state index contributed by atoms with van der Waals surface area (Å²) in [5.74, 6) is 0.473. The highest BCUT2D eigenvalue weighted by atomic mass is 32.1. The van der Waals surface area contributed by atoms with Crippen molar-refractivity contribution >= 4 is 17.2 Å². The Bertz CT molecular complexity index is 323. The molecular formula is C11H15NO2S. The molecule has 2 heterocycles. The van der Waals surface area contributed by atoms with Crippen LogP contribution in [0.1, 0.15) is 12.0 Å². The number of hydrogen-bond acceptors (Lipinski definition) is 3. The molecule has 0 saturated carbocycles. The second kappa shape index (κ2) is 4.77. The molecule has 1 aromatic rings. The van der Waals surface area contributed by atoms with Gasteiger partial charge in [0.2, 0.25) is 5.91 Å². The van der Waals surface area contributed by atoms with Crippen molar-refractivity contribution in [2.45, 2.75) is 12.8 Å². The first kappa shape index (κ1) is 10.6. The molecule has 1 aliphatic heterocycles. The summed E-state index contributed by atoms with van der Waals surface area (Å²) < 4.78 is 0. The lowest BCUT2D eigenvalue weighted by atomic mass is 10.1. The summed E-state index contributed by atoms with van der Waals surface area (Å²) in [5.41, 5.74) is 1.09. The van der Waals surface area contributed by atoms with E-state index in [-0.39, 0.29) is 18.4 Å². The predicted molar refractivity (Wildman–Crippen MR) is 59.8 cm³/mol. The van der Waals surface area contributed by atoms with E-state index in [0.29, 0.717) is 6.42 Å². The molecule has 82 valence electrons. The minimum absolute atomic E-state index is 0.185. The molecule has 1 saturated heterocycles. The highest BCUT2D eigenvalue weighted by Crippen LogP contribution is 2.17. The number of rotatable bonds is 3. The molecule has 4 heteroatoms. The van der Waals surface area contributed by atoms with Crippen LogP contribution in [0.4, 0.5) is 0 Å². The number of nitrogens with zero attached hydrogens (tertiary/aromatic N) is 1. The lowest BCUT2D eigenvalue weighted by molar-refractivity contribution is -0.129. The van der Waals surface area contributed by atoms with Crippen LogP contribution < -0.4 is 0 Å². The van der Waals surface area contributed by atoms with E-state index in [9.17, 15) is 4.79 Å². The molecule has 1 atom stereocenters. The van der Waals surface area contributed by atoms with Gasteiger partial charge in [0.1, 0.15) is 0 Å². The number of hydrogen-bond donors (Lipinski definition) is 1. The molecule has 0 spiro atoms. The molecule has 0 unspecified atom stereocenters. The van der Waals surface area contributed by atoms with Gasteiger partial charge in [-0.05, 0) is 28.8 Å². The van der Waals surface area contributed by atoms with Crippen molar-refractivity contribution in [3.05, 3.63) is 22.4 Å². The fraction of sp³-hybridized carbons (Fsp3) is 0.545. The molecule has 3 nitrogen and oxygen atoms in total. The Labute approximate surface area is 93.3 Å². The number of aliphatic hydroxyl groups excluding tert-OH is 1. The maximum atomic E-state index is 11.8. The van der Waals surface area contributed by atoms with Gasteiger partial charge in [-0.1, -0.05) is 0 Å². The molecule has 1 amide bonds. The Hall–Kier alpha value is -0.870. The third kappa shape index (κ3) is 2.58. The van der Waals surface area contributed by atoms with E-state index in [1.807, 2.05) is 21.7 Å². The van der Waals surface area contributed by atoms with Crippen molar-refractivity contribution in [3.8, 4) is 0 Å². The van der Waals surface area contributed by atoms with Gasteiger partial charge >= 0.3 is 0 Å². The summed E-state index contributed by atoms with van der Waals surface area (Å²) >= 11 is 1.62. The lowest BCUT2D eigenvalue weighted by Gasteiger charge is -2.15. The van der Waals surface area contributed by atoms with Crippen LogP contribution in [-0.2, 0) is 11.2 Å². The van der Waals surface area contributed by atoms with E-state index in [1.165, 1.54) is 0 Å². The zero-order valence-corrected chi connectivity index (χ0v) is 9.37. The first-order valence-corrected chi connectivity index (χ1v) is 6.13. The smallest absolute Gasteiger partial charge is 0.227 e. The Kier molecular flexibility index (Phi) is 3.38. The number of thiophene rings is 1. The summed E-state index contributed by atoms with van der Waals surface area (Å²) in [4.78, 5) is 13.7. The second-order valence-electron chi connectivity index (χ2n) is 3.99. The van der Waals surface area contributed by atoms with Crippen LogP contribution in [0.5, 0.6) is 0 Å². The van der Waals surface area contributed by atoms with Crippen LogP contribution in [0, 0.1) is 5.92 Å². The van der Waals surface area contributed by atoms with Gasteiger partial charge in [-0.3, -0.25) is 4.79 Å². The SMILES string of the molecule is O=C(Cc1ccsc1)N1CC[C@H](CO)C1. The van der Waals surface area contributed by atoms with Crippen LogP contribution >= 0.6 is 11.3 Å². The van der Waals surface area contributed by atoms with Crippen LogP contribution in [-0.4, -0.2) is 35.6 Å². The van der Waals surface area contributed by atoms with Crippen molar-refractivity contribution in [3.63, 3.8) is 0 Å². The molecule has 0 aliphatic carbocycles. The summed E-state index contributed by atoms with van der Waals surface area (Å²) in [6, 6.07) is 1.99. The molecule has 1 N–H and O–H groups in total. The van der Waals surface area contributed by atoms with E-state index in [1.54, 1.807) is 11.3 Å². The minimum atomic E-state index is 0.185. The van der Waals surface area contributed by atoms with Crippen molar-refractivity contribution in [1.29, 1.82) is 0 Å². The van der Waals surface area contributed by atoms with Crippen molar-refractivity contribution < 1.29 is 9.90 Å². The molecular weight excluding hydrogens is 210 g/mol. The summed E-state index contributed by atoms with van der Waals surface area (Å²) in [6.07, 6.45) is 1.44. The lowest BCUT2D eigenvalue weighted by Crippen LogP contribution is -2.30. The molecule has 15 heavy (non-hydrogen) atoms. The largest absolute Gasteiger partial charge is 0.396 e. The minimum Gasteiger partial charge on any atom is -0.396 e. The average Bonchev–Trinajstić information content (AvgIpc) is 2.86. The van der Waals surface area contributed by atoms with Gasteiger partial charge in [0, 0.05) is 25.6 Å². The molecule has 0 aromatic carbocycles. The first-order chi connectivity index (χ1) is 7.29. The molecule has 1 aliphatic rings. The van der Waals surface area contributed by atoms with Gasteiger partial charge in [-0.25, -0.2) is 0 Å². The Balaban J connectivity index is 1.87. The maximum absolute atomic E-state index is 11.8. The quantitative estimate of drug-likeness (QED) is 0.837. The zero-order valence-electron chi connectivity index (χ0n) is 8.56. The van der Waals surface area contributed by atoms with Crippen LogP contribution in [0.3, 0.4) is 0 Å². The number of carbonyl (C=O) groups excluding carboxylic acids is 1. The normalized spacial score (nSPS) is 20.9. The summed E-state index contributed by atoms with van der Waals surface area (Å²) in [6.45, 7) is 1.72. The number of likely N-dealkylation sites (tertiary alicyclic amines) is 1. The first-order valence-electron chi connectivity index (χ1n) is 5.19. The number of carbonyl (C=O) groups is 1. The summed E-state index contributed by atoms with van der Waals surface area (Å²) in [7, 11) is 0. The van der Waals surface area contributed by atoms with Gasteiger partial charge < -0.3 is 10.0 Å². The van der Waals surface area contributed by atoms with Crippen molar-refractivity contribution in [2.75, 3.05) is 19.7 Å². The molecule has 0 bridgehead atoms. The van der Waals surface area contributed by atoms with Gasteiger partial charge in [0.05, 0.1) is 6.42 Å². The maximum Gasteiger partial charge on any atom is 0.227 e. The van der Waals surface area contributed by atoms with Crippen molar-refractivity contribution in [1.82, 2.24) is 4.90 Å². The standard InChI is InChI=1S/C11H15NO2S/c13-7-10-1-3-12(6-10)11(14)5-9-2-4-15-8-9/h2,4,8,10,13H,1,3,5-7H2/t10-/m0/s1. The zero-order chi connectivity index (χ0) is 10.7. The Morgan fingerprint density at radius 2 is 2.53 bits per heavy atom. The molecule has 2 rings (SSSR count). The molecule has 1 aromatic heterocycles. The van der Waals surface area contributed by atoms with E-state index in [0.717, 1.165) is 25.1 Å². The average molecular weight is 225 g/mol. The van der Waals surface area contributed by atoms with Gasteiger partial charge in [0.15, 0.2) is 0 Å². The van der Waals surface area contributed by atoms with Gasteiger partial charge in [0.25, 0.3) is 0 Å². The fourth-order valence-corrected chi connectivity index (χ4v) is 2.56. The van der Waals surface area contributed by atoms with E-state index >= 15 is 0 Å². The van der Waals surface area contributed by atoms with Crippen LogP contribution in [0.15, 0.2) is 16.8 Å². The second-order valence-corrected chi connectivity index (χ2v) is 4.77. The third-order valence-corrected chi connectivity index (χ3v) is 3.56. The van der Waals surface area contributed by atoms with E-state index in [4.69, 9.17) is 5.11 Å². The van der Waals surface area contributed by atoms with Gasteiger partial charge in [-0.2, -0.15) is 11.3 Å². The van der Waals surface area contributed by atoms with Crippen molar-refractivity contribution in [2.24, 2.45) is 5.92 Å². The molecule has 1 fully saturated rings. The highest BCUT2D eigenvalue weighted by molar-refractivity contribution is 7.07. The topological polar surface area (TPSA) is 40.5 Å². The van der Waals surface area contributed by atoms with E-state index in [2.05, 4.69) is 0 Å². The Morgan fingerprint density at radius 1 is 1.67 bits per heavy atom. The number of aliphatic hydroxyl groups is 1. The van der Waals surface area contributed by atoms with Crippen LogP contribution in [0.2, 0.25) is 0 Å². The fourth-order valence-electron chi connectivity index (χ4n) is 1.89. The third-order valence-electron chi connectivity index (χ3n) is 2.83. The number of amides is 1. The van der Waals surface area contributed by atoms with Gasteiger partial charge in [-0.15, -0.1) is 0 Å². The van der Waals surface area contributed by atoms with Crippen LogP contribution in [0.25, 0.3) is 0 Å². The summed E-state index contributed by atoms with van der Waals surface area (Å²) in [5, 5.41) is 13.0. The Morgan fingerprint density at radius 3 is 3.13 bits per heavy atom.